The SMILES string of the molecule is Cn1cnc2cc(C(=O)N3CCC(CCC(=O)NC[C@@H]4CCCO4)CC3)ccc21. The minimum atomic E-state index is 0.0744. The fraction of sp³-hybridized carbons (Fsp3) is 0.591. The Labute approximate surface area is 171 Å². The fourth-order valence-electron chi connectivity index (χ4n) is 4.33. The number of nitrogens with zero attached hydrogens (tertiary/aromatic N) is 3. The summed E-state index contributed by atoms with van der Waals surface area (Å²) in [5, 5.41) is 2.99. The zero-order valence-corrected chi connectivity index (χ0v) is 17.1. The average Bonchev–Trinajstić information content (AvgIpc) is 3.40. The Morgan fingerprint density at radius 2 is 2.07 bits per heavy atom. The van der Waals surface area contributed by atoms with Gasteiger partial charge in [0.25, 0.3) is 5.91 Å². The van der Waals surface area contributed by atoms with Gasteiger partial charge in [-0.05, 0) is 56.2 Å². The maximum atomic E-state index is 12.8. The fourth-order valence-corrected chi connectivity index (χ4v) is 4.33. The van der Waals surface area contributed by atoms with Crippen LogP contribution in [0.5, 0.6) is 0 Å². The van der Waals surface area contributed by atoms with Crippen molar-refractivity contribution in [2.24, 2.45) is 13.0 Å². The highest BCUT2D eigenvalue weighted by Crippen LogP contribution is 2.24. The van der Waals surface area contributed by atoms with Crippen molar-refractivity contribution in [1.82, 2.24) is 19.8 Å². The highest BCUT2D eigenvalue weighted by atomic mass is 16.5. The molecular formula is C22H30N4O3. The Kier molecular flexibility index (Phi) is 6.13. The predicted molar refractivity (Wildman–Crippen MR) is 111 cm³/mol. The lowest BCUT2D eigenvalue weighted by molar-refractivity contribution is -0.122. The molecule has 29 heavy (non-hydrogen) atoms. The van der Waals surface area contributed by atoms with Crippen LogP contribution in [0.4, 0.5) is 0 Å². The minimum absolute atomic E-state index is 0.0744. The molecule has 2 amide bonds. The number of likely N-dealkylation sites (tertiary alicyclic amines) is 1. The number of imidazole rings is 1. The zero-order valence-electron chi connectivity index (χ0n) is 17.1. The first kappa shape index (κ1) is 19.9. The summed E-state index contributed by atoms with van der Waals surface area (Å²) in [7, 11) is 1.95. The van der Waals surface area contributed by atoms with Gasteiger partial charge in [0.05, 0.1) is 23.5 Å². The average molecular weight is 399 g/mol. The van der Waals surface area contributed by atoms with Gasteiger partial charge in [-0.3, -0.25) is 9.59 Å². The summed E-state index contributed by atoms with van der Waals surface area (Å²) in [6, 6.07) is 5.72. The topological polar surface area (TPSA) is 76.5 Å². The van der Waals surface area contributed by atoms with Gasteiger partial charge in [-0.2, -0.15) is 0 Å². The molecular weight excluding hydrogens is 368 g/mol. The number of piperidine rings is 1. The van der Waals surface area contributed by atoms with Crippen LogP contribution in [0, 0.1) is 5.92 Å². The number of hydrogen-bond donors (Lipinski definition) is 1. The van der Waals surface area contributed by atoms with Gasteiger partial charge in [0, 0.05) is 45.3 Å². The first-order valence-corrected chi connectivity index (χ1v) is 10.7. The molecule has 2 aliphatic heterocycles. The highest BCUT2D eigenvalue weighted by Gasteiger charge is 2.24. The summed E-state index contributed by atoms with van der Waals surface area (Å²) in [5.74, 6) is 0.693. The van der Waals surface area contributed by atoms with Crippen molar-refractivity contribution >= 4 is 22.8 Å². The van der Waals surface area contributed by atoms with Crippen molar-refractivity contribution in [2.45, 2.75) is 44.6 Å². The van der Waals surface area contributed by atoms with Crippen molar-refractivity contribution < 1.29 is 14.3 Å². The lowest BCUT2D eigenvalue weighted by Gasteiger charge is -2.32. The minimum Gasteiger partial charge on any atom is -0.376 e. The number of amides is 2. The van der Waals surface area contributed by atoms with E-state index in [0.29, 0.717) is 24.4 Å². The Morgan fingerprint density at radius 1 is 1.24 bits per heavy atom. The normalized spacial score (nSPS) is 20.3. The van der Waals surface area contributed by atoms with Crippen molar-refractivity contribution in [3.8, 4) is 0 Å². The zero-order chi connectivity index (χ0) is 20.2. The number of carbonyl (C=O) groups is 2. The van der Waals surface area contributed by atoms with Gasteiger partial charge < -0.3 is 19.5 Å². The molecule has 0 spiro atoms. The number of rotatable bonds is 6. The molecule has 7 heteroatoms. The van der Waals surface area contributed by atoms with Crippen LogP contribution in [0.1, 0.15) is 48.9 Å². The largest absolute Gasteiger partial charge is 0.376 e. The van der Waals surface area contributed by atoms with E-state index in [-0.39, 0.29) is 17.9 Å². The molecule has 0 bridgehead atoms. The summed E-state index contributed by atoms with van der Waals surface area (Å²) in [4.78, 5) is 31.2. The lowest BCUT2D eigenvalue weighted by atomic mass is 9.91. The molecule has 3 heterocycles. The number of hydrogen-bond acceptors (Lipinski definition) is 4. The third-order valence-electron chi connectivity index (χ3n) is 6.20. The Morgan fingerprint density at radius 3 is 2.83 bits per heavy atom. The molecule has 0 radical (unpaired) electrons. The number of fused-ring (bicyclic) bond motifs is 1. The van der Waals surface area contributed by atoms with Gasteiger partial charge >= 0.3 is 0 Å². The molecule has 0 saturated carbocycles. The lowest BCUT2D eigenvalue weighted by Crippen LogP contribution is -2.39. The standard InChI is InChI=1S/C22H30N4O3/c1-25-15-24-19-13-17(5-6-20(19)25)22(28)26-10-8-16(9-11-26)4-7-21(27)23-14-18-3-2-12-29-18/h5-6,13,15-16,18H,2-4,7-12,14H2,1H3,(H,23,27)/t18-/m0/s1. The van der Waals surface area contributed by atoms with Gasteiger partial charge in [0.1, 0.15) is 0 Å². The summed E-state index contributed by atoms with van der Waals surface area (Å²) < 4.78 is 7.49. The molecule has 1 atom stereocenters. The first-order valence-electron chi connectivity index (χ1n) is 10.7. The summed E-state index contributed by atoms with van der Waals surface area (Å²) in [6.45, 7) is 2.95. The van der Waals surface area contributed by atoms with Gasteiger partial charge in [0.2, 0.25) is 5.91 Å². The molecule has 0 aliphatic carbocycles. The summed E-state index contributed by atoms with van der Waals surface area (Å²) in [5.41, 5.74) is 2.57. The van der Waals surface area contributed by atoms with E-state index in [1.165, 1.54) is 0 Å². The molecule has 2 saturated heterocycles. The summed E-state index contributed by atoms with van der Waals surface area (Å²) in [6.07, 6.45) is 7.45. The number of ether oxygens (including phenoxy) is 1. The molecule has 1 N–H and O–H groups in total. The molecule has 2 fully saturated rings. The van der Waals surface area contributed by atoms with Crippen LogP contribution in [0.15, 0.2) is 24.5 Å². The van der Waals surface area contributed by atoms with Gasteiger partial charge in [-0.25, -0.2) is 4.98 Å². The molecule has 156 valence electrons. The van der Waals surface area contributed by atoms with Gasteiger partial charge in [-0.1, -0.05) is 0 Å². The second-order valence-corrected chi connectivity index (χ2v) is 8.27. The van der Waals surface area contributed by atoms with E-state index < -0.39 is 0 Å². The number of nitrogens with one attached hydrogen (secondary N) is 1. The molecule has 4 rings (SSSR count). The van der Waals surface area contributed by atoms with Gasteiger partial charge in [-0.15, -0.1) is 0 Å². The molecule has 2 aromatic rings. The van der Waals surface area contributed by atoms with Crippen molar-refractivity contribution in [3.63, 3.8) is 0 Å². The smallest absolute Gasteiger partial charge is 0.253 e. The Bertz CT molecular complexity index is 864. The van der Waals surface area contributed by atoms with E-state index in [2.05, 4.69) is 10.3 Å². The molecule has 2 aliphatic rings. The Hall–Kier alpha value is -2.41. The van der Waals surface area contributed by atoms with E-state index >= 15 is 0 Å². The van der Waals surface area contributed by atoms with Crippen molar-refractivity contribution in [1.29, 1.82) is 0 Å². The molecule has 0 unspecified atom stereocenters. The van der Waals surface area contributed by atoms with Crippen LogP contribution < -0.4 is 5.32 Å². The summed E-state index contributed by atoms with van der Waals surface area (Å²) >= 11 is 0. The van der Waals surface area contributed by atoms with E-state index in [9.17, 15) is 9.59 Å². The maximum Gasteiger partial charge on any atom is 0.253 e. The van der Waals surface area contributed by atoms with Crippen LogP contribution in [0.3, 0.4) is 0 Å². The number of aryl methyl sites for hydroxylation is 1. The third-order valence-corrected chi connectivity index (χ3v) is 6.20. The third kappa shape index (κ3) is 4.78. The Balaban J connectivity index is 1.21. The first-order chi connectivity index (χ1) is 14.1. The second-order valence-electron chi connectivity index (χ2n) is 8.27. The molecule has 1 aromatic carbocycles. The van der Waals surface area contributed by atoms with Crippen LogP contribution >= 0.6 is 0 Å². The highest BCUT2D eigenvalue weighted by molar-refractivity contribution is 5.97. The van der Waals surface area contributed by atoms with Crippen LogP contribution in [0.2, 0.25) is 0 Å². The van der Waals surface area contributed by atoms with E-state index in [0.717, 1.165) is 62.8 Å². The second kappa shape index (κ2) is 8.95. The van der Waals surface area contributed by atoms with Crippen LogP contribution in [-0.4, -0.2) is 58.6 Å². The van der Waals surface area contributed by atoms with E-state index in [1.54, 1.807) is 6.33 Å². The van der Waals surface area contributed by atoms with Crippen LogP contribution in [0.25, 0.3) is 11.0 Å². The predicted octanol–water partition coefficient (Wildman–Crippen LogP) is 2.50. The van der Waals surface area contributed by atoms with Gasteiger partial charge in [0.15, 0.2) is 0 Å². The van der Waals surface area contributed by atoms with Crippen molar-refractivity contribution in [2.75, 3.05) is 26.2 Å². The van der Waals surface area contributed by atoms with E-state index in [1.807, 2.05) is 34.7 Å². The van der Waals surface area contributed by atoms with Crippen molar-refractivity contribution in [3.05, 3.63) is 30.1 Å². The molecule has 1 aromatic heterocycles. The molecule has 7 nitrogen and oxygen atoms in total. The monoisotopic (exact) mass is 398 g/mol. The number of carbonyl (C=O) groups excluding carboxylic acids is 2. The van der Waals surface area contributed by atoms with E-state index in [4.69, 9.17) is 4.74 Å². The van der Waals surface area contributed by atoms with Crippen LogP contribution in [-0.2, 0) is 16.6 Å². The quantitative estimate of drug-likeness (QED) is 0.811. The maximum absolute atomic E-state index is 12.8. The number of benzene rings is 1. The number of aromatic nitrogens is 2.